The molecule has 0 bridgehead atoms. The minimum Gasteiger partial charge on any atom is -0.383 e. The lowest BCUT2D eigenvalue weighted by Gasteiger charge is -2.54. The zero-order valence-corrected chi connectivity index (χ0v) is 11.3. The van der Waals surface area contributed by atoms with E-state index in [4.69, 9.17) is 4.74 Å². The summed E-state index contributed by atoms with van der Waals surface area (Å²) in [6.45, 7) is 14.1. The summed E-state index contributed by atoms with van der Waals surface area (Å²) in [5.41, 5.74) is 0.965. The molecule has 0 aromatic heterocycles. The monoisotopic (exact) mass is 226 g/mol. The van der Waals surface area contributed by atoms with Crippen LogP contribution in [-0.4, -0.2) is 61.8 Å². The van der Waals surface area contributed by atoms with Gasteiger partial charge in [-0.1, -0.05) is 0 Å². The van der Waals surface area contributed by atoms with Gasteiger partial charge in [-0.3, -0.25) is 4.90 Å². The number of nitrogens with zero attached hydrogens (tertiary/aromatic N) is 2. The maximum absolute atomic E-state index is 5.15. The Morgan fingerprint density at radius 2 is 1.88 bits per heavy atom. The Hall–Kier alpha value is -0.120. The maximum atomic E-state index is 5.15. The Kier molecular flexibility index (Phi) is 3.30. The first-order chi connectivity index (χ1) is 7.45. The number of hydrogen-bond acceptors (Lipinski definition) is 3. The van der Waals surface area contributed by atoms with Crippen LogP contribution < -0.4 is 0 Å². The highest BCUT2D eigenvalue weighted by Crippen LogP contribution is 2.42. The quantitative estimate of drug-likeness (QED) is 0.724. The second kappa shape index (κ2) is 4.28. The van der Waals surface area contributed by atoms with E-state index in [0.717, 1.165) is 13.2 Å². The summed E-state index contributed by atoms with van der Waals surface area (Å²) in [5.74, 6) is 0. The third-order valence-electron chi connectivity index (χ3n) is 4.13. The summed E-state index contributed by atoms with van der Waals surface area (Å²) < 4.78 is 5.15. The van der Waals surface area contributed by atoms with Crippen LogP contribution in [0, 0.1) is 5.41 Å². The second-order valence-corrected chi connectivity index (χ2v) is 6.55. The average Bonchev–Trinajstić information content (AvgIpc) is 2.55. The lowest BCUT2D eigenvalue weighted by molar-refractivity contribution is -0.0526. The van der Waals surface area contributed by atoms with Crippen molar-refractivity contribution in [3.63, 3.8) is 0 Å². The lowest BCUT2D eigenvalue weighted by Crippen LogP contribution is -2.63. The van der Waals surface area contributed by atoms with E-state index in [1.165, 1.54) is 32.6 Å². The molecule has 2 aliphatic rings. The van der Waals surface area contributed by atoms with Gasteiger partial charge in [0.25, 0.3) is 0 Å². The van der Waals surface area contributed by atoms with Crippen molar-refractivity contribution in [2.75, 3.05) is 46.4 Å². The summed E-state index contributed by atoms with van der Waals surface area (Å²) in [5, 5.41) is 0. The number of ether oxygens (including phenoxy) is 1. The molecular formula is C13H26N2O. The molecule has 2 heterocycles. The molecule has 0 amide bonds. The molecule has 0 radical (unpaired) electrons. The fraction of sp³-hybridized carbons (Fsp3) is 1.00. The molecular weight excluding hydrogens is 200 g/mol. The lowest BCUT2D eigenvalue weighted by atomic mass is 9.76. The van der Waals surface area contributed by atoms with Gasteiger partial charge < -0.3 is 9.64 Å². The van der Waals surface area contributed by atoms with E-state index in [-0.39, 0.29) is 0 Å². The Balaban J connectivity index is 1.78. The molecule has 0 atom stereocenters. The zero-order valence-electron chi connectivity index (χ0n) is 11.3. The largest absolute Gasteiger partial charge is 0.383 e. The van der Waals surface area contributed by atoms with Crippen LogP contribution in [0.15, 0.2) is 0 Å². The van der Waals surface area contributed by atoms with Crippen molar-refractivity contribution in [2.45, 2.75) is 32.7 Å². The van der Waals surface area contributed by atoms with Crippen LogP contribution in [0.2, 0.25) is 0 Å². The molecule has 0 aromatic rings. The minimum absolute atomic E-state index is 0.352. The molecule has 0 aliphatic carbocycles. The Morgan fingerprint density at radius 3 is 2.44 bits per heavy atom. The minimum atomic E-state index is 0.352. The van der Waals surface area contributed by atoms with Crippen LogP contribution in [0.5, 0.6) is 0 Å². The van der Waals surface area contributed by atoms with Crippen molar-refractivity contribution in [3.8, 4) is 0 Å². The molecule has 0 saturated carbocycles. The first kappa shape index (κ1) is 12.3. The number of rotatable bonds is 3. The van der Waals surface area contributed by atoms with Gasteiger partial charge >= 0.3 is 0 Å². The number of hydrogen-bond donors (Lipinski definition) is 0. The summed E-state index contributed by atoms with van der Waals surface area (Å²) >= 11 is 0. The number of likely N-dealkylation sites (tertiary alicyclic amines) is 2. The van der Waals surface area contributed by atoms with E-state index in [1.54, 1.807) is 7.11 Å². The fourth-order valence-corrected chi connectivity index (χ4v) is 2.93. The van der Waals surface area contributed by atoms with Crippen molar-refractivity contribution in [2.24, 2.45) is 5.41 Å². The third-order valence-corrected chi connectivity index (χ3v) is 4.13. The second-order valence-electron chi connectivity index (χ2n) is 6.55. The van der Waals surface area contributed by atoms with Crippen LogP contribution in [0.1, 0.15) is 27.2 Å². The number of methoxy groups -OCH3 is 1. The maximum Gasteiger partial charge on any atom is 0.0589 e. The van der Waals surface area contributed by atoms with Gasteiger partial charge in [0.1, 0.15) is 0 Å². The molecule has 0 aromatic carbocycles. The van der Waals surface area contributed by atoms with Gasteiger partial charge in [0.15, 0.2) is 0 Å². The predicted octanol–water partition coefficient (Wildman–Crippen LogP) is 1.44. The van der Waals surface area contributed by atoms with Gasteiger partial charge in [0.2, 0.25) is 0 Å². The van der Waals surface area contributed by atoms with E-state index < -0.39 is 0 Å². The van der Waals surface area contributed by atoms with Gasteiger partial charge in [-0.25, -0.2) is 0 Å². The van der Waals surface area contributed by atoms with Gasteiger partial charge in [-0.15, -0.1) is 0 Å². The average molecular weight is 226 g/mol. The van der Waals surface area contributed by atoms with E-state index >= 15 is 0 Å². The van der Waals surface area contributed by atoms with Gasteiger partial charge in [0, 0.05) is 44.2 Å². The molecule has 3 heteroatoms. The van der Waals surface area contributed by atoms with Crippen LogP contribution in [0.4, 0.5) is 0 Å². The van der Waals surface area contributed by atoms with Crippen LogP contribution in [0.3, 0.4) is 0 Å². The molecule has 94 valence electrons. The summed E-state index contributed by atoms with van der Waals surface area (Å²) in [6, 6.07) is 0. The summed E-state index contributed by atoms with van der Waals surface area (Å²) in [7, 11) is 1.79. The van der Waals surface area contributed by atoms with Crippen LogP contribution in [0.25, 0.3) is 0 Å². The summed E-state index contributed by atoms with van der Waals surface area (Å²) in [4.78, 5) is 5.16. The van der Waals surface area contributed by atoms with Crippen molar-refractivity contribution >= 4 is 0 Å². The Labute approximate surface area is 99.7 Å². The molecule has 16 heavy (non-hydrogen) atoms. The van der Waals surface area contributed by atoms with Crippen molar-refractivity contribution < 1.29 is 4.74 Å². The molecule has 1 spiro atoms. The molecule has 2 aliphatic heterocycles. The molecule has 0 unspecified atom stereocenters. The SMILES string of the molecule is COCCN1CCC2(C1)CN(C(C)(C)C)C2. The predicted molar refractivity (Wildman–Crippen MR) is 66.7 cm³/mol. The zero-order chi connectivity index (χ0) is 11.8. The van der Waals surface area contributed by atoms with E-state index in [2.05, 4.69) is 30.6 Å². The molecule has 2 rings (SSSR count). The van der Waals surface area contributed by atoms with E-state index in [9.17, 15) is 0 Å². The molecule has 3 nitrogen and oxygen atoms in total. The van der Waals surface area contributed by atoms with Crippen molar-refractivity contribution in [1.29, 1.82) is 0 Å². The fourth-order valence-electron chi connectivity index (χ4n) is 2.93. The Bertz CT molecular complexity index is 241. The summed E-state index contributed by atoms with van der Waals surface area (Å²) in [6.07, 6.45) is 1.38. The topological polar surface area (TPSA) is 15.7 Å². The van der Waals surface area contributed by atoms with Gasteiger partial charge in [-0.05, 0) is 33.7 Å². The first-order valence-electron chi connectivity index (χ1n) is 6.42. The van der Waals surface area contributed by atoms with Crippen molar-refractivity contribution in [1.82, 2.24) is 9.80 Å². The van der Waals surface area contributed by atoms with Crippen molar-refractivity contribution in [3.05, 3.63) is 0 Å². The first-order valence-corrected chi connectivity index (χ1v) is 6.42. The third kappa shape index (κ3) is 2.41. The standard InChI is InChI=1S/C13H26N2O/c1-12(2,3)15-10-13(11-15)5-6-14(9-13)7-8-16-4/h5-11H2,1-4H3. The normalized spacial score (nSPS) is 26.2. The van der Waals surface area contributed by atoms with Crippen LogP contribution >= 0.6 is 0 Å². The van der Waals surface area contributed by atoms with Crippen LogP contribution in [-0.2, 0) is 4.74 Å². The Morgan fingerprint density at radius 1 is 1.19 bits per heavy atom. The van der Waals surface area contributed by atoms with Gasteiger partial charge in [-0.2, -0.15) is 0 Å². The highest BCUT2D eigenvalue weighted by molar-refractivity contribution is 5.04. The molecule has 2 fully saturated rings. The molecule has 0 N–H and O–H groups in total. The highest BCUT2D eigenvalue weighted by Gasteiger charge is 2.49. The molecule has 2 saturated heterocycles. The van der Waals surface area contributed by atoms with E-state index in [1.807, 2.05) is 0 Å². The smallest absolute Gasteiger partial charge is 0.0589 e. The van der Waals surface area contributed by atoms with Gasteiger partial charge in [0.05, 0.1) is 6.61 Å². The van der Waals surface area contributed by atoms with E-state index in [0.29, 0.717) is 11.0 Å². The highest BCUT2D eigenvalue weighted by atomic mass is 16.5.